The maximum absolute atomic E-state index is 14.0. The first kappa shape index (κ1) is 19.6. The number of rotatable bonds is 4. The number of aromatic nitrogens is 2. The molecule has 0 saturated carbocycles. The summed E-state index contributed by atoms with van der Waals surface area (Å²) in [4.78, 5) is 0. The van der Waals surface area contributed by atoms with Gasteiger partial charge in [0.15, 0.2) is 10.9 Å². The van der Waals surface area contributed by atoms with Gasteiger partial charge in [0.05, 0.1) is 6.54 Å². The number of hydrogen-bond acceptors (Lipinski definition) is 2. The summed E-state index contributed by atoms with van der Waals surface area (Å²) in [7, 11) is 0. The number of halogens is 3. The van der Waals surface area contributed by atoms with Crippen LogP contribution in [0.4, 0.5) is 15.9 Å². The van der Waals surface area contributed by atoms with Crippen LogP contribution in [0.25, 0.3) is 0 Å². The molecular formula is C19H17Cl2FN4S. The van der Waals surface area contributed by atoms with Gasteiger partial charge in [0.25, 0.3) is 0 Å². The lowest BCUT2D eigenvalue weighted by molar-refractivity contribution is 0.586. The Balaban J connectivity index is 1.73. The molecule has 0 unspecified atom stereocenters. The molecule has 0 radical (unpaired) electrons. The highest BCUT2D eigenvalue weighted by Gasteiger charge is 2.13. The van der Waals surface area contributed by atoms with E-state index in [1.807, 2.05) is 32.0 Å². The minimum absolute atomic E-state index is 0.157. The molecular weight excluding hydrogens is 406 g/mol. The summed E-state index contributed by atoms with van der Waals surface area (Å²) >= 11 is 17.7. The van der Waals surface area contributed by atoms with Crippen LogP contribution in [0.2, 0.25) is 10.0 Å². The first-order chi connectivity index (χ1) is 12.8. The summed E-state index contributed by atoms with van der Waals surface area (Å²) in [5.74, 6) is -0.0114. The normalized spacial score (nSPS) is 10.7. The minimum atomic E-state index is -0.393. The van der Waals surface area contributed by atoms with Crippen molar-refractivity contribution in [3.8, 4) is 0 Å². The van der Waals surface area contributed by atoms with Crippen molar-refractivity contribution in [1.29, 1.82) is 0 Å². The fraction of sp³-hybridized carbons (Fsp3) is 0.158. The zero-order chi connectivity index (χ0) is 19.6. The number of aryl methyl sites for hydroxylation is 2. The number of hydrogen-bond donors (Lipinski definition) is 2. The average molecular weight is 423 g/mol. The average Bonchev–Trinajstić information content (AvgIpc) is 2.94. The van der Waals surface area contributed by atoms with Crippen LogP contribution in [0.1, 0.15) is 16.7 Å². The number of anilines is 2. The molecule has 8 heteroatoms. The van der Waals surface area contributed by atoms with E-state index in [-0.39, 0.29) is 6.54 Å². The van der Waals surface area contributed by atoms with E-state index < -0.39 is 5.82 Å². The molecule has 0 aliphatic heterocycles. The lowest BCUT2D eigenvalue weighted by Crippen LogP contribution is -2.20. The molecule has 0 amide bonds. The Morgan fingerprint density at radius 3 is 2.67 bits per heavy atom. The van der Waals surface area contributed by atoms with Crippen molar-refractivity contribution < 1.29 is 4.39 Å². The molecule has 1 aromatic heterocycles. The molecule has 3 rings (SSSR count). The predicted octanol–water partition coefficient (Wildman–Crippen LogP) is 5.80. The van der Waals surface area contributed by atoms with E-state index in [2.05, 4.69) is 15.7 Å². The van der Waals surface area contributed by atoms with Gasteiger partial charge in [-0.3, -0.25) is 4.68 Å². The summed E-state index contributed by atoms with van der Waals surface area (Å²) in [5.41, 5.74) is 3.44. The van der Waals surface area contributed by atoms with Crippen molar-refractivity contribution >= 4 is 52.0 Å². The lowest BCUT2D eigenvalue weighted by atomic mass is 10.1. The van der Waals surface area contributed by atoms with Crippen LogP contribution in [-0.2, 0) is 6.54 Å². The van der Waals surface area contributed by atoms with Crippen LogP contribution in [0.15, 0.2) is 42.6 Å². The molecule has 0 spiro atoms. The molecule has 1 heterocycles. The molecule has 2 N–H and O–H groups in total. The Bertz CT molecular complexity index is 983. The summed E-state index contributed by atoms with van der Waals surface area (Å²) in [6.45, 7) is 4.15. The van der Waals surface area contributed by atoms with Crippen LogP contribution in [-0.4, -0.2) is 14.9 Å². The molecule has 0 aliphatic carbocycles. The first-order valence-electron chi connectivity index (χ1n) is 8.14. The van der Waals surface area contributed by atoms with Crippen molar-refractivity contribution in [2.24, 2.45) is 0 Å². The second kappa shape index (κ2) is 8.25. The van der Waals surface area contributed by atoms with Crippen molar-refractivity contribution in [3.63, 3.8) is 0 Å². The van der Waals surface area contributed by atoms with E-state index >= 15 is 0 Å². The summed E-state index contributed by atoms with van der Waals surface area (Å²) < 4.78 is 15.5. The van der Waals surface area contributed by atoms with Crippen molar-refractivity contribution in [2.75, 3.05) is 10.6 Å². The van der Waals surface area contributed by atoms with Crippen molar-refractivity contribution in [1.82, 2.24) is 9.78 Å². The van der Waals surface area contributed by atoms with Gasteiger partial charge in [-0.2, -0.15) is 5.10 Å². The van der Waals surface area contributed by atoms with E-state index in [1.165, 1.54) is 10.7 Å². The topological polar surface area (TPSA) is 41.9 Å². The Labute approximate surface area is 172 Å². The van der Waals surface area contributed by atoms with Gasteiger partial charge in [0.2, 0.25) is 0 Å². The largest absolute Gasteiger partial charge is 0.332 e. The minimum Gasteiger partial charge on any atom is -0.332 e. The molecule has 4 nitrogen and oxygen atoms in total. The zero-order valence-corrected chi connectivity index (χ0v) is 17.0. The van der Waals surface area contributed by atoms with E-state index in [9.17, 15) is 4.39 Å². The Hall–Kier alpha value is -2.15. The van der Waals surface area contributed by atoms with Gasteiger partial charge >= 0.3 is 0 Å². The molecule has 140 valence electrons. The molecule has 0 fully saturated rings. The highest BCUT2D eigenvalue weighted by molar-refractivity contribution is 7.80. The lowest BCUT2D eigenvalue weighted by Gasteiger charge is -2.12. The van der Waals surface area contributed by atoms with Crippen LogP contribution < -0.4 is 10.6 Å². The Morgan fingerprint density at radius 1 is 1.15 bits per heavy atom. The highest BCUT2D eigenvalue weighted by atomic mass is 35.5. The Morgan fingerprint density at radius 2 is 1.93 bits per heavy atom. The first-order valence-corrected chi connectivity index (χ1v) is 9.31. The third-order valence-corrected chi connectivity index (χ3v) is 4.81. The highest BCUT2D eigenvalue weighted by Crippen LogP contribution is 2.24. The third kappa shape index (κ3) is 4.77. The number of thiocarbonyl (C=S) groups is 1. The van der Waals surface area contributed by atoms with Gasteiger partial charge in [-0.05, 0) is 55.4 Å². The van der Waals surface area contributed by atoms with Gasteiger partial charge in [-0.15, -0.1) is 0 Å². The smallest absolute Gasteiger partial charge is 0.176 e. The molecule has 2 aromatic carbocycles. The van der Waals surface area contributed by atoms with Crippen LogP contribution in [0.5, 0.6) is 0 Å². The van der Waals surface area contributed by atoms with Crippen LogP contribution in [0, 0.1) is 19.7 Å². The third-order valence-electron chi connectivity index (χ3n) is 3.97. The fourth-order valence-corrected chi connectivity index (χ4v) is 3.17. The standard InChI is InChI=1S/C19H17Cl2FN4S/c1-11-6-7-12(2)17(8-11)23-19(27)24-18-15(21)10-26(25-18)9-13-14(20)4-3-5-16(13)22/h3-8,10H,9H2,1-2H3,(H2,23,24,25,27). The predicted molar refractivity (Wildman–Crippen MR) is 114 cm³/mol. The van der Waals surface area contributed by atoms with Gasteiger partial charge in [-0.25, -0.2) is 4.39 Å². The summed E-state index contributed by atoms with van der Waals surface area (Å²) in [6, 6.07) is 10.6. The Kier molecular flexibility index (Phi) is 5.99. The summed E-state index contributed by atoms with van der Waals surface area (Å²) in [6.07, 6.45) is 1.59. The molecule has 27 heavy (non-hydrogen) atoms. The van der Waals surface area contributed by atoms with E-state index in [0.29, 0.717) is 26.5 Å². The van der Waals surface area contributed by atoms with Gasteiger partial charge in [-0.1, -0.05) is 41.4 Å². The summed E-state index contributed by atoms with van der Waals surface area (Å²) in [5, 5.41) is 11.5. The molecule has 0 bridgehead atoms. The quantitative estimate of drug-likeness (QED) is 0.521. The van der Waals surface area contributed by atoms with E-state index in [4.69, 9.17) is 35.4 Å². The second-order valence-electron chi connectivity index (χ2n) is 6.12. The molecule has 0 saturated heterocycles. The van der Waals surface area contributed by atoms with Crippen LogP contribution >= 0.6 is 35.4 Å². The SMILES string of the molecule is Cc1ccc(C)c(NC(=S)Nc2nn(Cc3c(F)cccc3Cl)cc2Cl)c1. The van der Waals surface area contributed by atoms with Crippen molar-refractivity contribution in [2.45, 2.75) is 20.4 Å². The van der Waals surface area contributed by atoms with E-state index in [0.717, 1.165) is 16.8 Å². The van der Waals surface area contributed by atoms with Gasteiger partial charge in [0, 0.05) is 22.5 Å². The molecule has 0 aliphatic rings. The van der Waals surface area contributed by atoms with Gasteiger partial charge < -0.3 is 10.6 Å². The monoisotopic (exact) mass is 422 g/mol. The number of benzene rings is 2. The second-order valence-corrected chi connectivity index (χ2v) is 7.34. The van der Waals surface area contributed by atoms with Crippen LogP contribution in [0.3, 0.4) is 0 Å². The molecule has 3 aromatic rings. The number of nitrogens with one attached hydrogen (secondary N) is 2. The molecule has 0 atom stereocenters. The van der Waals surface area contributed by atoms with Gasteiger partial charge in [0.1, 0.15) is 10.8 Å². The zero-order valence-electron chi connectivity index (χ0n) is 14.7. The number of nitrogens with zero attached hydrogens (tertiary/aromatic N) is 2. The van der Waals surface area contributed by atoms with Crippen molar-refractivity contribution in [3.05, 3.63) is 75.1 Å². The fourth-order valence-electron chi connectivity index (χ4n) is 2.54. The maximum atomic E-state index is 14.0. The van der Waals surface area contributed by atoms with E-state index in [1.54, 1.807) is 18.3 Å². The maximum Gasteiger partial charge on any atom is 0.176 e.